The van der Waals surface area contributed by atoms with Gasteiger partial charge in [0, 0.05) is 36.5 Å². The van der Waals surface area contributed by atoms with E-state index in [2.05, 4.69) is 17.9 Å². The number of hydrogen-bond acceptors (Lipinski definition) is 2. The highest BCUT2D eigenvalue weighted by Crippen LogP contribution is 2.33. The van der Waals surface area contributed by atoms with E-state index in [9.17, 15) is 0 Å². The van der Waals surface area contributed by atoms with Crippen molar-refractivity contribution in [2.45, 2.75) is 31.2 Å². The fourth-order valence-corrected chi connectivity index (χ4v) is 3.14. The summed E-state index contributed by atoms with van der Waals surface area (Å²) in [5, 5.41) is 0.743. The van der Waals surface area contributed by atoms with E-state index in [0.717, 1.165) is 42.2 Å². The quantitative estimate of drug-likeness (QED) is 0.777. The molecule has 0 spiro atoms. The molecule has 1 heterocycles. The van der Waals surface area contributed by atoms with E-state index in [1.807, 2.05) is 12.1 Å². The maximum Gasteiger partial charge on any atom is 0.0825 e. The SMILES string of the molecule is COC1(C)CCCN(c2cccc(Cl)c2CCl)C1. The van der Waals surface area contributed by atoms with Crippen LogP contribution in [0.4, 0.5) is 5.69 Å². The molecule has 18 heavy (non-hydrogen) atoms. The van der Waals surface area contributed by atoms with Crippen LogP contribution in [-0.2, 0) is 10.6 Å². The van der Waals surface area contributed by atoms with E-state index in [4.69, 9.17) is 27.9 Å². The van der Waals surface area contributed by atoms with Crippen LogP contribution >= 0.6 is 23.2 Å². The van der Waals surface area contributed by atoms with E-state index in [-0.39, 0.29) is 5.60 Å². The number of alkyl halides is 1. The van der Waals surface area contributed by atoms with Crippen LogP contribution in [0.5, 0.6) is 0 Å². The standard InChI is InChI=1S/C14H19Cl2NO/c1-14(18-2)7-4-8-17(10-14)13-6-3-5-12(16)11(13)9-15/h3,5-6H,4,7-10H2,1-2H3. The van der Waals surface area contributed by atoms with Crippen LogP contribution in [0.3, 0.4) is 0 Å². The lowest BCUT2D eigenvalue weighted by Gasteiger charge is -2.41. The van der Waals surface area contributed by atoms with Gasteiger partial charge >= 0.3 is 0 Å². The van der Waals surface area contributed by atoms with Gasteiger partial charge in [0.15, 0.2) is 0 Å². The number of benzene rings is 1. The molecule has 0 radical (unpaired) electrons. The molecule has 1 aromatic carbocycles. The zero-order valence-corrected chi connectivity index (χ0v) is 12.4. The van der Waals surface area contributed by atoms with E-state index < -0.39 is 0 Å². The lowest BCUT2D eigenvalue weighted by molar-refractivity contribution is -0.00467. The number of nitrogens with zero attached hydrogens (tertiary/aromatic N) is 1. The van der Waals surface area contributed by atoms with Gasteiger partial charge in [0.25, 0.3) is 0 Å². The Morgan fingerprint density at radius 2 is 2.22 bits per heavy atom. The van der Waals surface area contributed by atoms with Crippen molar-refractivity contribution in [3.63, 3.8) is 0 Å². The fraction of sp³-hybridized carbons (Fsp3) is 0.571. The number of methoxy groups -OCH3 is 1. The van der Waals surface area contributed by atoms with Gasteiger partial charge in [-0.2, -0.15) is 0 Å². The number of rotatable bonds is 3. The molecule has 0 aliphatic carbocycles. The van der Waals surface area contributed by atoms with Crippen LogP contribution in [0, 0.1) is 0 Å². The highest BCUT2D eigenvalue weighted by atomic mass is 35.5. The molecule has 1 aliphatic rings. The number of anilines is 1. The maximum absolute atomic E-state index is 6.21. The van der Waals surface area contributed by atoms with E-state index in [0.29, 0.717) is 5.88 Å². The average Bonchev–Trinajstić information content (AvgIpc) is 2.38. The molecule has 0 amide bonds. The number of ether oxygens (including phenoxy) is 1. The Morgan fingerprint density at radius 1 is 1.44 bits per heavy atom. The highest BCUT2D eigenvalue weighted by molar-refractivity contribution is 6.32. The minimum absolute atomic E-state index is 0.0792. The van der Waals surface area contributed by atoms with Gasteiger partial charge in [-0.1, -0.05) is 17.7 Å². The summed E-state index contributed by atoms with van der Waals surface area (Å²) in [6.07, 6.45) is 2.22. The molecule has 0 aromatic heterocycles. The molecule has 2 rings (SSSR count). The summed E-state index contributed by atoms with van der Waals surface area (Å²) in [4.78, 5) is 2.33. The van der Waals surface area contributed by atoms with Gasteiger partial charge in [-0.25, -0.2) is 0 Å². The van der Waals surface area contributed by atoms with Crippen molar-refractivity contribution >= 4 is 28.9 Å². The molecular formula is C14H19Cl2NO. The van der Waals surface area contributed by atoms with Crippen molar-refractivity contribution in [3.8, 4) is 0 Å². The molecule has 1 saturated heterocycles. The van der Waals surface area contributed by atoms with Crippen LogP contribution in [0.15, 0.2) is 18.2 Å². The van der Waals surface area contributed by atoms with Gasteiger partial charge < -0.3 is 9.64 Å². The number of piperidine rings is 1. The molecule has 4 heteroatoms. The summed E-state index contributed by atoms with van der Waals surface area (Å²) in [5.74, 6) is 0.440. The summed E-state index contributed by atoms with van der Waals surface area (Å²) in [6, 6.07) is 5.96. The summed E-state index contributed by atoms with van der Waals surface area (Å²) in [5.41, 5.74) is 2.08. The monoisotopic (exact) mass is 287 g/mol. The zero-order chi connectivity index (χ0) is 13.2. The van der Waals surface area contributed by atoms with Gasteiger partial charge in [-0.3, -0.25) is 0 Å². The van der Waals surface area contributed by atoms with Crippen molar-refractivity contribution in [1.82, 2.24) is 0 Å². The smallest absolute Gasteiger partial charge is 0.0825 e. The van der Waals surface area contributed by atoms with Crippen molar-refractivity contribution in [1.29, 1.82) is 0 Å². The van der Waals surface area contributed by atoms with Crippen LogP contribution in [0.1, 0.15) is 25.3 Å². The van der Waals surface area contributed by atoms with E-state index >= 15 is 0 Å². The third-order valence-electron chi connectivity index (χ3n) is 3.72. The Labute approximate surface area is 119 Å². The van der Waals surface area contributed by atoms with Gasteiger partial charge in [0.1, 0.15) is 0 Å². The summed E-state index contributed by atoms with van der Waals surface area (Å²) >= 11 is 12.2. The molecule has 1 aromatic rings. The average molecular weight is 288 g/mol. The first-order valence-corrected chi connectivity index (χ1v) is 7.14. The molecule has 0 saturated carbocycles. The molecular weight excluding hydrogens is 269 g/mol. The predicted octanol–water partition coefficient (Wildman–Crippen LogP) is 4.08. The second-order valence-corrected chi connectivity index (χ2v) is 5.72. The Hall–Kier alpha value is -0.440. The fourth-order valence-electron chi connectivity index (χ4n) is 2.55. The Bertz CT molecular complexity index is 424. The van der Waals surface area contributed by atoms with Crippen molar-refractivity contribution in [2.75, 3.05) is 25.1 Å². The first kappa shape index (κ1) is 14.0. The summed E-state index contributed by atoms with van der Waals surface area (Å²) in [7, 11) is 1.78. The normalized spacial score (nSPS) is 24.3. The van der Waals surface area contributed by atoms with E-state index in [1.54, 1.807) is 7.11 Å². The molecule has 1 fully saturated rings. The van der Waals surface area contributed by atoms with Gasteiger partial charge in [-0.15, -0.1) is 11.6 Å². The molecule has 0 bridgehead atoms. The Balaban J connectivity index is 2.29. The van der Waals surface area contributed by atoms with Crippen molar-refractivity contribution in [3.05, 3.63) is 28.8 Å². The van der Waals surface area contributed by atoms with Crippen molar-refractivity contribution in [2.24, 2.45) is 0 Å². The Kier molecular flexibility index (Phi) is 4.41. The third kappa shape index (κ3) is 2.76. The largest absolute Gasteiger partial charge is 0.377 e. The molecule has 100 valence electrons. The molecule has 2 nitrogen and oxygen atoms in total. The molecule has 1 atom stereocenters. The first-order valence-electron chi connectivity index (χ1n) is 6.23. The Morgan fingerprint density at radius 3 is 2.89 bits per heavy atom. The minimum atomic E-state index is -0.0792. The predicted molar refractivity (Wildman–Crippen MR) is 77.9 cm³/mol. The van der Waals surface area contributed by atoms with Crippen LogP contribution < -0.4 is 4.90 Å². The van der Waals surface area contributed by atoms with Crippen LogP contribution in [0.2, 0.25) is 5.02 Å². The zero-order valence-electron chi connectivity index (χ0n) is 10.9. The van der Waals surface area contributed by atoms with Gasteiger partial charge in [0.2, 0.25) is 0 Å². The van der Waals surface area contributed by atoms with Crippen molar-refractivity contribution < 1.29 is 4.74 Å². The van der Waals surface area contributed by atoms with Crippen LogP contribution in [-0.4, -0.2) is 25.8 Å². The first-order chi connectivity index (χ1) is 8.59. The van der Waals surface area contributed by atoms with Crippen LogP contribution in [0.25, 0.3) is 0 Å². The van der Waals surface area contributed by atoms with E-state index in [1.165, 1.54) is 0 Å². The number of halogens is 2. The molecule has 0 N–H and O–H groups in total. The minimum Gasteiger partial charge on any atom is -0.377 e. The van der Waals surface area contributed by atoms with Gasteiger partial charge in [-0.05, 0) is 31.9 Å². The lowest BCUT2D eigenvalue weighted by atomic mass is 9.94. The second kappa shape index (κ2) is 5.68. The highest BCUT2D eigenvalue weighted by Gasteiger charge is 2.31. The van der Waals surface area contributed by atoms with Gasteiger partial charge in [0.05, 0.1) is 11.5 Å². The topological polar surface area (TPSA) is 12.5 Å². The summed E-state index contributed by atoms with van der Waals surface area (Å²) in [6.45, 7) is 4.07. The molecule has 1 unspecified atom stereocenters. The molecule has 1 aliphatic heterocycles. The lowest BCUT2D eigenvalue weighted by Crippen LogP contribution is -2.47. The second-order valence-electron chi connectivity index (χ2n) is 5.05. The maximum atomic E-state index is 6.21. The number of hydrogen-bond donors (Lipinski definition) is 0. The summed E-state index contributed by atoms with van der Waals surface area (Å²) < 4.78 is 5.63. The third-order valence-corrected chi connectivity index (χ3v) is 4.34.